The summed E-state index contributed by atoms with van der Waals surface area (Å²) in [7, 11) is 0. The van der Waals surface area contributed by atoms with Crippen LogP contribution in [0, 0.1) is 13.8 Å². The van der Waals surface area contributed by atoms with E-state index in [1.165, 1.54) is 0 Å². The van der Waals surface area contributed by atoms with Gasteiger partial charge in [0.2, 0.25) is 11.7 Å². The highest BCUT2D eigenvalue weighted by atomic mass is 16.5. The van der Waals surface area contributed by atoms with Crippen LogP contribution in [0.15, 0.2) is 27.3 Å². The summed E-state index contributed by atoms with van der Waals surface area (Å²) in [6, 6.07) is 3.60. The summed E-state index contributed by atoms with van der Waals surface area (Å²) >= 11 is 0. The zero-order valence-corrected chi connectivity index (χ0v) is 14.3. The van der Waals surface area contributed by atoms with Crippen molar-refractivity contribution in [3.63, 3.8) is 0 Å². The molecule has 1 fully saturated rings. The van der Waals surface area contributed by atoms with Crippen molar-refractivity contribution in [2.75, 3.05) is 19.7 Å². The van der Waals surface area contributed by atoms with Crippen LogP contribution >= 0.6 is 0 Å². The summed E-state index contributed by atoms with van der Waals surface area (Å²) in [5, 5.41) is 8.37. The van der Waals surface area contributed by atoms with Gasteiger partial charge in [0.15, 0.2) is 5.76 Å². The monoisotopic (exact) mass is 344 g/mol. The molecule has 0 N–H and O–H groups in total. The molecule has 0 aromatic carbocycles. The van der Waals surface area contributed by atoms with Crippen molar-refractivity contribution in [3.8, 4) is 11.6 Å². The first kappa shape index (κ1) is 16.0. The van der Waals surface area contributed by atoms with Crippen LogP contribution in [0.2, 0.25) is 0 Å². The molecule has 3 aromatic rings. The Kier molecular flexibility index (Phi) is 4.33. The lowest BCUT2D eigenvalue weighted by Gasteiger charge is -2.31. The Morgan fingerprint density at radius 1 is 1.28 bits per heavy atom. The SMILES string of the molecule is Cc1nc(C)n(C[C@@H]2CN(Cc3nc(-c4ccco4)no3)CCO2)n1. The smallest absolute Gasteiger partial charge is 0.241 e. The van der Waals surface area contributed by atoms with Gasteiger partial charge in [-0.25, -0.2) is 9.67 Å². The van der Waals surface area contributed by atoms with Gasteiger partial charge in [-0.05, 0) is 26.0 Å². The molecule has 4 rings (SSSR count). The summed E-state index contributed by atoms with van der Waals surface area (Å²) in [5.74, 6) is 3.32. The van der Waals surface area contributed by atoms with Gasteiger partial charge in [-0.1, -0.05) is 5.16 Å². The van der Waals surface area contributed by atoms with Crippen LogP contribution in [0.3, 0.4) is 0 Å². The van der Waals surface area contributed by atoms with Crippen LogP contribution in [0.1, 0.15) is 17.5 Å². The first-order valence-corrected chi connectivity index (χ1v) is 8.26. The number of furan rings is 1. The van der Waals surface area contributed by atoms with Crippen molar-refractivity contribution in [2.24, 2.45) is 0 Å². The van der Waals surface area contributed by atoms with Gasteiger partial charge in [0.05, 0.1) is 32.1 Å². The van der Waals surface area contributed by atoms with Crippen molar-refractivity contribution in [1.29, 1.82) is 0 Å². The topological polar surface area (TPSA) is 95.2 Å². The van der Waals surface area contributed by atoms with Gasteiger partial charge in [-0.3, -0.25) is 4.90 Å². The van der Waals surface area contributed by atoms with E-state index in [2.05, 4.69) is 25.1 Å². The van der Waals surface area contributed by atoms with Crippen LogP contribution in [-0.4, -0.2) is 55.6 Å². The second-order valence-corrected chi connectivity index (χ2v) is 6.11. The fourth-order valence-electron chi connectivity index (χ4n) is 2.98. The van der Waals surface area contributed by atoms with Crippen LogP contribution in [0.5, 0.6) is 0 Å². The Balaban J connectivity index is 1.37. The molecular weight excluding hydrogens is 324 g/mol. The molecule has 0 amide bonds. The van der Waals surface area contributed by atoms with Crippen LogP contribution in [-0.2, 0) is 17.8 Å². The van der Waals surface area contributed by atoms with Gasteiger partial charge in [0.25, 0.3) is 0 Å². The normalized spacial score (nSPS) is 18.7. The quantitative estimate of drug-likeness (QED) is 0.686. The molecule has 0 radical (unpaired) electrons. The number of aryl methyl sites for hydroxylation is 2. The number of ether oxygens (including phenoxy) is 1. The van der Waals surface area contributed by atoms with Gasteiger partial charge in [0, 0.05) is 13.1 Å². The minimum absolute atomic E-state index is 0.0565. The molecule has 1 saturated heterocycles. The van der Waals surface area contributed by atoms with E-state index in [1.54, 1.807) is 12.3 Å². The molecule has 0 spiro atoms. The van der Waals surface area contributed by atoms with Crippen molar-refractivity contribution in [2.45, 2.75) is 33.0 Å². The van der Waals surface area contributed by atoms with Gasteiger partial charge in [0.1, 0.15) is 11.6 Å². The van der Waals surface area contributed by atoms with E-state index < -0.39 is 0 Å². The third-order valence-corrected chi connectivity index (χ3v) is 4.13. The number of morpholine rings is 1. The number of nitrogens with zero attached hydrogens (tertiary/aromatic N) is 6. The maximum Gasteiger partial charge on any atom is 0.241 e. The van der Waals surface area contributed by atoms with Crippen LogP contribution < -0.4 is 0 Å². The molecule has 0 bridgehead atoms. The number of hydrogen-bond acceptors (Lipinski definition) is 8. The lowest BCUT2D eigenvalue weighted by Crippen LogP contribution is -2.44. The van der Waals surface area contributed by atoms with Crippen molar-refractivity contribution in [1.82, 2.24) is 29.8 Å². The third-order valence-electron chi connectivity index (χ3n) is 4.13. The first-order chi connectivity index (χ1) is 12.2. The molecule has 3 aromatic heterocycles. The maximum atomic E-state index is 5.87. The number of aromatic nitrogens is 5. The summed E-state index contributed by atoms with van der Waals surface area (Å²) in [6.45, 7) is 7.38. The minimum atomic E-state index is 0.0565. The Morgan fingerprint density at radius 3 is 2.96 bits per heavy atom. The molecule has 1 atom stereocenters. The lowest BCUT2D eigenvalue weighted by molar-refractivity contribution is -0.0429. The summed E-state index contributed by atoms with van der Waals surface area (Å²) in [6.07, 6.45) is 1.65. The Morgan fingerprint density at radius 2 is 2.20 bits per heavy atom. The van der Waals surface area contributed by atoms with Gasteiger partial charge in [-0.2, -0.15) is 10.1 Å². The fourth-order valence-corrected chi connectivity index (χ4v) is 2.98. The molecule has 1 aliphatic rings. The zero-order chi connectivity index (χ0) is 17.2. The maximum absolute atomic E-state index is 5.87. The average Bonchev–Trinajstić information content (AvgIpc) is 3.30. The van der Waals surface area contributed by atoms with E-state index in [0.717, 1.165) is 24.7 Å². The van der Waals surface area contributed by atoms with E-state index in [-0.39, 0.29) is 6.10 Å². The summed E-state index contributed by atoms with van der Waals surface area (Å²) < 4.78 is 18.4. The molecule has 4 heterocycles. The van der Waals surface area contributed by atoms with Crippen molar-refractivity contribution in [3.05, 3.63) is 35.9 Å². The molecule has 0 unspecified atom stereocenters. The minimum Gasteiger partial charge on any atom is -0.461 e. The number of rotatable bonds is 5. The number of hydrogen-bond donors (Lipinski definition) is 0. The lowest BCUT2D eigenvalue weighted by atomic mass is 10.2. The second-order valence-electron chi connectivity index (χ2n) is 6.11. The van der Waals surface area contributed by atoms with Gasteiger partial charge < -0.3 is 13.7 Å². The van der Waals surface area contributed by atoms with Crippen molar-refractivity contribution < 1.29 is 13.7 Å². The molecule has 132 valence electrons. The molecule has 9 nitrogen and oxygen atoms in total. The largest absolute Gasteiger partial charge is 0.461 e. The second kappa shape index (κ2) is 6.77. The van der Waals surface area contributed by atoms with E-state index >= 15 is 0 Å². The van der Waals surface area contributed by atoms with E-state index in [1.807, 2.05) is 24.6 Å². The van der Waals surface area contributed by atoms with E-state index in [4.69, 9.17) is 13.7 Å². The standard InChI is InChI=1S/C16H20N6O3/c1-11-17-12(2)22(19-11)9-13-8-21(5-7-23-13)10-15-18-16(20-25-15)14-4-3-6-24-14/h3-4,6,13H,5,7-10H2,1-2H3/t13-/m0/s1. The molecule has 0 aliphatic carbocycles. The Bertz CT molecular complexity index is 825. The Labute approximate surface area is 144 Å². The highest BCUT2D eigenvalue weighted by Crippen LogP contribution is 2.17. The molecule has 1 aliphatic heterocycles. The first-order valence-electron chi connectivity index (χ1n) is 8.26. The summed E-state index contributed by atoms with van der Waals surface area (Å²) in [5.41, 5.74) is 0. The van der Waals surface area contributed by atoms with E-state index in [0.29, 0.717) is 37.2 Å². The highest BCUT2D eigenvalue weighted by molar-refractivity contribution is 5.44. The van der Waals surface area contributed by atoms with E-state index in [9.17, 15) is 0 Å². The third kappa shape index (κ3) is 3.62. The van der Waals surface area contributed by atoms with Crippen LogP contribution in [0.4, 0.5) is 0 Å². The predicted molar refractivity (Wildman–Crippen MR) is 86.5 cm³/mol. The van der Waals surface area contributed by atoms with Crippen molar-refractivity contribution >= 4 is 0 Å². The van der Waals surface area contributed by atoms with Crippen LogP contribution in [0.25, 0.3) is 11.6 Å². The zero-order valence-electron chi connectivity index (χ0n) is 14.3. The fraction of sp³-hybridized carbons (Fsp3) is 0.500. The molecule has 0 saturated carbocycles. The molecular formula is C16H20N6O3. The van der Waals surface area contributed by atoms with Gasteiger partial charge in [-0.15, -0.1) is 0 Å². The predicted octanol–water partition coefficient (Wildman–Crippen LogP) is 1.44. The Hall–Kier alpha value is -2.52. The molecule has 9 heteroatoms. The summed E-state index contributed by atoms with van der Waals surface area (Å²) in [4.78, 5) is 11.0. The average molecular weight is 344 g/mol. The van der Waals surface area contributed by atoms with Gasteiger partial charge >= 0.3 is 0 Å². The molecule has 25 heavy (non-hydrogen) atoms. The highest BCUT2D eigenvalue weighted by Gasteiger charge is 2.24.